The van der Waals surface area contributed by atoms with Crippen molar-refractivity contribution in [2.45, 2.75) is 62.9 Å². The number of hydrogen-bond donors (Lipinski definition) is 2. The summed E-state index contributed by atoms with van der Waals surface area (Å²) in [6.45, 7) is 0. The van der Waals surface area contributed by atoms with Crippen molar-refractivity contribution in [3.05, 3.63) is 150 Å². The van der Waals surface area contributed by atoms with E-state index in [4.69, 9.17) is 30.8 Å². The van der Waals surface area contributed by atoms with E-state index in [1.54, 1.807) is 12.1 Å². The van der Waals surface area contributed by atoms with E-state index in [0.29, 0.717) is 48.0 Å². The summed E-state index contributed by atoms with van der Waals surface area (Å²) < 4.78 is 30.2. The highest BCUT2D eigenvalue weighted by Gasteiger charge is 2.17. The molecule has 7 rings (SSSR count). The zero-order valence-electron chi connectivity index (χ0n) is 33.0. The number of benzene rings is 5. The maximum Gasteiger partial charge on any atom is 0.305 e. The lowest BCUT2D eigenvalue weighted by atomic mass is 10.0. The molecule has 302 valence electrons. The Labute approximate surface area is 344 Å². The third-order valence-electron chi connectivity index (χ3n) is 9.60. The zero-order chi connectivity index (χ0) is 41.6. The lowest BCUT2D eigenvalue weighted by molar-refractivity contribution is -0.140. The standard InChI is InChI=1S/C27H26N2O4S.C20H21N3O2/c30-26(31)14-8-7-13-24-27(22-11-5-2-6-12-22)29-23-16-15-21(17-25(23)28-24)19-34(32,33)18-20-9-3-1-4-10-20;1-25-19(24)10-6-5-9-17-20(14-7-3-2-4-8-14)23-16-12-11-15(21)13-18(16)22-17/h1-6,9-12,15-17H,7-8,13-14,18-19H2,(H,30,31);2-4,7-8,11-13H,5-6,9-10,21H2,1H3. The van der Waals surface area contributed by atoms with Crippen LogP contribution in [0.25, 0.3) is 44.6 Å². The number of aromatic nitrogens is 4. The minimum absolute atomic E-state index is 0.0146. The molecule has 0 bridgehead atoms. The normalized spacial score (nSPS) is 11.2. The topological polar surface area (TPSA) is 175 Å². The molecule has 2 aromatic heterocycles. The molecule has 0 spiro atoms. The van der Waals surface area contributed by atoms with Crippen molar-refractivity contribution in [2.75, 3.05) is 12.8 Å². The maximum atomic E-state index is 12.8. The van der Waals surface area contributed by atoms with E-state index in [2.05, 4.69) is 4.74 Å². The summed E-state index contributed by atoms with van der Waals surface area (Å²) in [6, 6.07) is 39.9. The Morgan fingerprint density at radius 2 is 1.07 bits per heavy atom. The molecule has 0 aliphatic carbocycles. The SMILES string of the molecule is COC(=O)CCCCc1nc2cc(N)ccc2nc1-c1ccccc1.O=C(O)CCCCc1nc2cc(CS(=O)(=O)Cc3ccccc3)ccc2nc1-c1ccccc1. The predicted octanol–water partition coefficient (Wildman–Crippen LogP) is 8.97. The Bertz CT molecular complexity index is 2630. The number of carbonyl (C=O) groups is 2. The first-order valence-corrected chi connectivity index (χ1v) is 21.4. The highest BCUT2D eigenvalue weighted by atomic mass is 32.2. The summed E-state index contributed by atoms with van der Waals surface area (Å²) in [5.41, 5.74) is 16.3. The first-order valence-electron chi connectivity index (χ1n) is 19.6. The Morgan fingerprint density at radius 1 is 0.576 bits per heavy atom. The number of methoxy groups -OCH3 is 1. The fraction of sp³-hybridized carbons (Fsp3) is 0.234. The van der Waals surface area contributed by atoms with Crippen LogP contribution in [-0.2, 0) is 48.5 Å². The van der Waals surface area contributed by atoms with Crippen LogP contribution in [0.5, 0.6) is 0 Å². The first-order chi connectivity index (χ1) is 28.6. The molecule has 3 N–H and O–H groups in total. The van der Waals surface area contributed by atoms with Gasteiger partial charge in [-0.2, -0.15) is 0 Å². The van der Waals surface area contributed by atoms with E-state index in [-0.39, 0.29) is 23.9 Å². The van der Waals surface area contributed by atoms with Gasteiger partial charge in [-0.25, -0.2) is 28.4 Å². The molecule has 5 aromatic carbocycles. The van der Waals surface area contributed by atoms with Crippen LogP contribution >= 0.6 is 0 Å². The van der Waals surface area contributed by atoms with E-state index >= 15 is 0 Å². The van der Waals surface area contributed by atoms with Crippen molar-refractivity contribution in [3.63, 3.8) is 0 Å². The van der Waals surface area contributed by atoms with Crippen LogP contribution in [0.2, 0.25) is 0 Å². The Kier molecular flexibility index (Phi) is 14.4. The van der Waals surface area contributed by atoms with Crippen LogP contribution in [0.4, 0.5) is 5.69 Å². The van der Waals surface area contributed by atoms with E-state index < -0.39 is 15.8 Å². The molecule has 12 heteroatoms. The fourth-order valence-electron chi connectivity index (χ4n) is 6.70. The number of nitrogens with two attached hydrogens (primary N) is 1. The van der Waals surface area contributed by atoms with Gasteiger partial charge in [-0.15, -0.1) is 0 Å². The Hall–Kier alpha value is -6.53. The second kappa shape index (κ2) is 20.2. The Balaban J connectivity index is 0.000000208. The number of unbranched alkanes of at least 4 members (excludes halogenated alkanes) is 2. The number of sulfone groups is 1. The molecule has 0 saturated carbocycles. The number of ether oxygens (including phenoxy) is 1. The molecule has 0 aliphatic heterocycles. The fourth-order valence-corrected chi connectivity index (χ4v) is 8.19. The van der Waals surface area contributed by atoms with Gasteiger partial charge in [0.2, 0.25) is 0 Å². The molecule has 11 nitrogen and oxygen atoms in total. The third-order valence-corrected chi connectivity index (χ3v) is 11.1. The number of esters is 1. The number of anilines is 1. The molecule has 2 heterocycles. The molecule has 59 heavy (non-hydrogen) atoms. The minimum Gasteiger partial charge on any atom is -0.481 e. The maximum absolute atomic E-state index is 12.8. The van der Waals surface area contributed by atoms with Crippen molar-refractivity contribution in [2.24, 2.45) is 0 Å². The number of rotatable bonds is 16. The van der Waals surface area contributed by atoms with Crippen molar-refractivity contribution in [1.29, 1.82) is 0 Å². The Morgan fingerprint density at radius 3 is 1.61 bits per heavy atom. The molecule has 0 atom stereocenters. The van der Waals surface area contributed by atoms with Gasteiger partial charge in [-0.05, 0) is 80.0 Å². The highest BCUT2D eigenvalue weighted by Crippen LogP contribution is 2.27. The molecule has 0 saturated heterocycles. The average molecular weight is 810 g/mol. The van der Waals surface area contributed by atoms with Gasteiger partial charge in [0.1, 0.15) is 0 Å². The number of carbonyl (C=O) groups excluding carboxylic acids is 1. The van der Waals surface area contributed by atoms with Crippen molar-refractivity contribution < 1.29 is 27.9 Å². The van der Waals surface area contributed by atoms with Gasteiger partial charge in [-0.3, -0.25) is 9.59 Å². The van der Waals surface area contributed by atoms with E-state index in [1.807, 2.05) is 115 Å². The number of nitrogens with zero attached hydrogens (tertiary/aromatic N) is 4. The van der Waals surface area contributed by atoms with Gasteiger partial charge in [0, 0.05) is 29.7 Å². The summed E-state index contributed by atoms with van der Waals surface area (Å²) in [4.78, 5) is 41.4. The van der Waals surface area contributed by atoms with E-state index in [9.17, 15) is 18.0 Å². The van der Waals surface area contributed by atoms with Crippen LogP contribution in [0.3, 0.4) is 0 Å². The molecule has 7 aromatic rings. The van der Waals surface area contributed by atoms with E-state index in [1.165, 1.54) is 7.11 Å². The molecule has 0 fully saturated rings. The number of nitrogen functional groups attached to an aromatic ring is 1. The van der Waals surface area contributed by atoms with Crippen molar-refractivity contribution in [3.8, 4) is 22.5 Å². The van der Waals surface area contributed by atoms with Crippen LogP contribution in [0.1, 0.15) is 61.0 Å². The molecular weight excluding hydrogens is 763 g/mol. The summed E-state index contributed by atoms with van der Waals surface area (Å²) in [7, 11) is -1.94. The molecule has 0 amide bonds. The van der Waals surface area contributed by atoms with E-state index in [0.717, 1.165) is 69.8 Å². The number of carboxylic acid groups (broad SMARTS) is 1. The largest absolute Gasteiger partial charge is 0.481 e. The third kappa shape index (κ3) is 12.2. The minimum atomic E-state index is -3.35. The average Bonchev–Trinajstić information content (AvgIpc) is 3.24. The summed E-state index contributed by atoms with van der Waals surface area (Å²) >= 11 is 0. The highest BCUT2D eigenvalue weighted by molar-refractivity contribution is 7.89. The van der Waals surface area contributed by atoms with Crippen LogP contribution < -0.4 is 5.73 Å². The van der Waals surface area contributed by atoms with Gasteiger partial charge in [0.05, 0.1) is 63.5 Å². The summed E-state index contributed by atoms with van der Waals surface area (Å²) in [5, 5.41) is 8.92. The zero-order valence-corrected chi connectivity index (χ0v) is 33.8. The number of hydrogen-bond acceptors (Lipinski definition) is 10. The number of aliphatic carboxylic acids is 1. The molecular formula is C47H47N5O6S. The van der Waals surface area contributed by atoms with Crippen LogP contribution in [0, 0.1) is 0 Å². The summed E-state index contributed by atoms with van der Waals surface area (Å²) in [5.74, 6) is -1.08. The second-order valence-corrected chi connectivity index (χ2v) is 16.3. The monoisotopic (exact) mass is 809 g/mol. The van der Waals surface area contributed by atoms with Gasteiger partial charge >= 0.3 is 11.9 Å². The van der Waals surface area contributed by atoms with Crippen molar-refractivity contribution >= 4 is 49.5 Å². The molecule has 0 unspecified atom stereocenters. The number of fused-ring (bicyclic) bond motifs is 2. The van der Waals surface area contributed by atoms with Gasteiger partial charge in [-0.1, -0.05) is 97.1 Å². The lowest BCUT2D eigenvalue weighted by Crippen LogP contribution is -2.08. The number of carboxylic acids is 1. The van der Waals surface area contributed by atoms with Gasteiger partial charge < -0.3 is 15.6 Å². The molecule has 0 aliphatic rings. The predicted molar refractivity (Wildman–Crippen MR) is 232 cm³/mol. The van der Waals surface area contributed by atoms with Crippen molar-refractivity contribution in [1.82, 2.24) is 19.9 Å². The van der Waals surface area contributed by atoms with Gasteiger partial charge in [0.25, 0.3) is 0 Å². The second-order valence-electron chi connectivity index (χ2n) is 14.2. The summed E-state index contributed by atoms with van der Waals surface area (Å²) in [6.07, 6.45) is 4.72. The van der Waals surface area contributed by atoms with Crippen LogP contribution in [0.15, 0.2) is 127 Å². The smallest absolute Gasteiger partial charge is 0.305 e. The van der Waals surface area contributed by atoms with Crippen LogP contribution in [-0.4, -0.2) is 52.5 Å². The lowest BCUT2D eigenvalue weighted by Gasteiger charge is -2.11. The first kappa shape index (κ1) is 42.1. The quantitative estimate of drug-likeness (QED) is 0.0541. The van der Waals surface area contributed by atoms with Gasteiger partial charge in [0.15, 0.2) is 9.84 Å². The number of aryl methyl sites for hydroxylation is 2. The molecule has 0 radical (unpaired) electrons.